The number of fused-ring (bicyclic) bond motifs is 1. The highest BCUT2D eigenvalue weighted by molar-refractivity contribution is 5.97. The lowest BCUT2D eigenvalue weighted by atomic mass is 10.1. The van der Waals surface area contributed by atoms with Gasteiger partial charge in [0, 0.05) is 13.1 Å². The molecule has 0 unspecified atom stereocenters. The summed E-state index contributed by atoms with van der Waals surface area (Å²) in [5, 5.41) is 0. The van der Waals surface area contributed by atoms with Gasteiger partial charge in [0.2, 0.25) is 6.79 Å². The van der Waals surface area contributed by atoms with Crippen LogP contribution in [0.5, 0.6) is 11.5 Å². The van der Waals surface area contributed by atoms with Crippen molar-refractivity contribution in [2.24, 2.45) is 0 Å². The summed E-state index contributed by atoms with van der Waals surface area (Å²) in [4.78, 5) is 13.9. The topological polar surface area (TPSA) is 38.8 Å². The molecule has 4 heteroatoms. The Morgan fingerprint density at radius 2 is 2.06 bits per heavy atom. The van der Waals surface area contributed by atoms with E-state index in [1.54, 1.807) is 17.0 Å². The summed E-state index contributed by atoms with van der Waals surface area (Å²) in [5.74, 6) is 1.21. The van der Waals surface area contributed by atoms with E-state index in [9.17, 15) is 4.79 Å². The van der Waals surface area contributed by atoms with Gasteiger partial charge in [0.05, 0.1) is 5.56 Å². The summed E-state index contributed by atoms with van der Waals surface area (Å²) in [5.41, 5.74) is 0.582. The number of carbonyl (C=O) groups excluding carboxylic acids is 1. The molecule has 0 N–H and O–H groups in total. The zero-order valence-electron chi connectivity index (χ0n) is 9.53. The van der Waals surface area contributed by atoms with E-state index in [4.69, 9.17) is 9.47 Å². The van der Waals surface area contributed by atoms with Gasteiger partial charge in [0.15, 0.2) is 11.5 Å². The maximum Gasteiger partial charge on any atom is 0.257 e. The first kappa shape index (κ1) is 10.8. The predicted molar refractivity (Wildman–Crippen MR) is 59.8 cm³/mol. The Bertz CT molecular complexity index is 399. The van der Waals surface area contributed by atoms with Crippen LogP contribution in [0, 0.1) is 0 Å². The normalized spacial score (nSPS) is 12.6. The van der Waals surface area contributed by atoms with E-state index in [2.05, 4.69) is 0 Å². The van der Waals surface area contributed by atoms with Crippen LogP contribution < -0.4 is 9.47 Å². The number of hydrogen-bond acceptors (Lipinski definition) is 3. The van der Waals surface area contributed by atoms with E-state index in [0.29, 0.717) is 30.2 Å². The minimum atomic E-state index is -0.00708. The molecule has 1 aliphatic rings. The monoisotopic (exact) mass is 221 g/mol. The second kappa shape index (κ2) is 4.43. The van der Waals surface area contributed by atoms with Gasteiger partial charge in [-0.1, -0.05) is 6.07 Å². The van der Waals surface area contributed by atoms with E-state index >= 15 is 0 Å². The van der Waals surface area contributed by atoms with Crippen LogP contribution in [-0.2, 0) is 0 Å². The van der Waals surface area contributed by atoms with Gasteiger partial charge < -0.3 is 14.4 Å². The Morgan fingerprint density at radius 1 is 1.31 bits per heavy atom. The van der Waals surface area contributed by atoms with Crippen LogP contribution >= 0.6 is 0 Å². The molecule has 0 saturated carbocycles. The smallest absolute Gasteiger partial charge is 0.257 e. The third-order valence-corrected chi connectivity index (χ3v) is 2.68. The average Bonchev–Trinajstić information content (AvgIpc) is 2.78. The standard InChI is InChI=1S/C12H15NO3/c1-3-13(4-2)12(14)9-6-5-7-10-11(9)16-8-15-10/h5-7H,3-4,8H2,1-2H3. The van der Waals surface area contributed by atoms with Gasteiger partial charge in [-0.25, -0.2) is 0 Å². The minimum absolute atomic E-state index is 0.00708. The van der Waals surface area contributed by atoms with E-state index < -0.39 is 0 Å². The van der Waals surface area contributed by atoms with Gasteiger partial charge >= 0.3 is 0 Å². The van der Waals surface area contributed by atoms with E-state index in [1.807, 2.05) is 19.9 Å². The number of para-hydroxylation sites is 1. The van der Waals surface area contributed by atoms with Gasteiger partial charge in [-0.3, -0.25) is 4.79 Å². The van der Waals surface area contributed by atoms with Crippen molar-refractivity contribution in [2.45, 2.75) is 13.8 Å². The van der Waals surface area contributed by atoms with Crippen LogP contribution in [0.15, 0.2) is 18.2 Å². The van der Waals surface area contributed by atoms with Crippen LogP contribution in [0.25, 0.3) is 0 Å². The summed E-state index contributed by atoms with van der Waals surface area (Å²) < 4.78 is 10.6. The van der Waals surface area contributed by atoms with Crippen molar-refractivity contribution >= 4 is 5.91 Å². The molecule has 2 rings (SSSR count). The molecule has 0 fully saturated rings. The summed E-state index contributed by atoms with van der Waals surface area (Å²) in [6.45, 7) is 5.50. The van der Waals surface area contributed by atoms with Crippen LogP contribution in [0.2, 0.25) is 0 Å². The SMILES string of the molecule is CCN(CC)C(=O)c1cccc2c1OCO2. The number of ether oxygens (including phenoxy) is 2. The molecule has 4 nitrogen and oxygen atoms in total. The third-order valence-electron chi connectivity index (χ3n) is 2.68. The molecule has 1 heterocycles. The molecule has 0 radical (unpaired) electrons. The predicted octanol–water partition coefficient (Wildman–Crippen LogP) is 1.90. The van der Waals surface area contributed by atoms with Crippen LogP contribution in [0.4, 0.5) is 0 Å². The zero-order chi connectivity index (χ0) is 11.5. The quantitative estimate of drug-likeness (QED) is 0.782. The number of amides is 1. The largest absolute Gasteiger partial charge is 0.454 e. The Labute approximate surface area is 94.8 Å². The number of rotatable bonds is 3. The van der Waals surface area contributed by atoms with E-state index in [-0.39, 0.29) is 12.7 Å². The second-order valence-electron chi connectivity index (χ2n) is 3.52. The van der Waals surface area contributed by atoms with E-state index in [0.717, 1.165) is 0 Å². The fourth-order valence-corrected chi connectivity index (χ4v) is 1.78. The lowest BCUT2D eigenvalue weighted by Crippen LogP contribution is -2.30. The molecule has 86 valence electrons. The van der Waals surface area contributed by atoms with Crippen molar-refractivity contribution in [3.05, 3.63) is 23.8 Å². The Kier molecular flexibility index (Phi) is 2.99. The van der Waals surface area contributed by atoms with Gasteiger partial charge in [-0.05, 0) is 26.0 Å². The minimum Gasteiger partial charge on any atom is -0.454 e. The molecule has 0 aromatic heterocycles. The molecule has 0 bridgehead atoms. The van der Waals surface area contributed by atoms with Crippen molar-refractivity contribution < 1.29 is 14.3 Å². The van der Waals surface area contributed by atoms with Crippen molar-refractivity contribution in [3.63, 3.8) is 0 Å². The molecule has 16 heavy (non-hydrogen) atoms. The third kappa shape index (κ3) is 1.71. The summed E-state index contributed by atoms with van der Waals surface area (Å²) in [6.07, 6.45) is 0. The first-order valence-electron chi connectivity index (χ1n) is 5.45. The molecule has 0 aliphatic carbocycles. The number of hydrogen-bond donors (Lipinski definition) is 0. The summed E-state index contributed by atoms with van der Waals surface area (Å²) in [7, 11) is 0. The maximum atomic E-state index is 12.2. The fraction of sp³-hybridized carbons (Fsp3) is 0.417. The van der Waals surface area contributed by atoms with Gasteiger partial charge in [-0.15, -0.1) is 0 Å². The Hall–Kier alpha value is -1.71. The Morgan fingerprint density at radius 3 is 2.75 bits per heavy atom. The molecular formula is C12H15NO3. The summed E-state index contributed by atoms with van der Waals surface area (Å²) >= 11 is 0. The van der Waals surface area contributed by atoms with Crippen molar-refractivity contribution in [1.29, 1.82) is 0 Å². The number of carbonyl (C=O) groups is 1. The molecule has 1 aromatic rings. The lowest BCUT2D eigenvalue weighted by Gasteiger charge is -2.19. The molecule has 1 aliphatic heterocycles. The summed E-state index contributed by atoms with van der Waals surface area (Å²) in [6, 6.07) is 5.39. The molecule has 1 amide bonds. The zero-order valence-corrected chi connectivity index (χ0v) is 9.53. The van der Waals surface area contributed by atoms with Gasteiger partial charge in [0.25, 0.3) is 5.91 Å². The van der Waals surface area contributed by atoms with E-state index in [1.165, 1.54) is 0 Å². The lowest BCUT2D eigenvalue weighted by molar-refractivity contribution is 0.0768. The highest BCUT2D eigenvalue weighted by atomic mass is 16.7. The highest BCUT2D eigenvalue weighted by Crippen LogP contribution is 2.35. The van der Waals surface area contributed by atoms with Crippen LogP contribution in [0.1, 0.15) is 24.2 Å². The number of benzene rings is 1. The molecule has 1 aromatic carbocycles. The van der Waals surface area contributed by atoms with Crippen molar-refractivity contribution in [2.75, 3.05) is 19.9 Å². The van der Waals surface area contributed by atoms with Crippen molar-refractivity contribution in [3.8, 4) is 11.5 Å². The number of nitrogens with zero attached hydrogens (tertiary/aromatic N) is 1. The highest BCUT2D eigenvalue weighted by Gasteiger charge is 2.23. The van der Waals surface area contributed by atoms with Gasteiger partial charge in [-0.2, -0.15) is 0 Å². The van der Waals surface area contributed by atoms with Gasteiger partial charge in [0.1, 0.15) is 0 Å². The molecule has 0 atom stereocenters. The van der Waals surface area contributed by atoms with Crippen molar-refractivity contribution in [1.82, 2.24) is 4.90 Å². The molecule has 0 saturated heterocycles. The molecule has 0 spiro atoms. The first-order chi connectivity index (χ1) is 7.77. The Balaban J connectivity index is 2.34. The fourth-order valence-electron chi connectivity index (χ4n) is 1.78. The van der Waals surface area contributed by atoms with Crippen LogP contribution in [-0.4, -0.2) is 30.7 Å². The first-order valence-corrected chi connectivity index (χ1v) is 5.45. The average molecular weight is 221 g/mol. The maximum absolute atomic E-state index is 12.2. The van der Waals surface area contributed by atoms with Crippen LogP contribution in [0.3, 0.4) is 0 Å². The molecular weight excluding hydrogens is 206 g/mol. The second-order valence-corrected chi connectivity index (χ2v) is 3.52.